The Labute approximate surface area is 122 Å². The number of aromatic nitrogens is 4. The predicted octanol–water partition coefficient (Wildman–Crippen LogP) is 0.200. The average Bonchev–Trinajstić information content (AvgIpc) is 2.92. The summed E-state index contributed by atoms with van der Waals surface area (Å²) < 4.78 is 11.7. The minimum absolute atomic E-state index is 0.0896. The molecule has 0 spiro atoms. The van der Waals surface area contributed by atoms with Crippen LogP contribution < -0.4 is 14.8 Å². The van der Waals surface area contributed by atoms with Crippen LogP contribution in [0.5, 0.6) is 11.9 Å². The highest BCUT2D eigenvalue weighted by Crippen LogP contribution is 2.13. The fourth-order valence-electron chi connectivity index (χ4n) is 1.73. The van der Waals surface area contributed by atoms with Gasteiger partial charge in [0.2, 0.25) is 5.88 Å². The third-order valence-corrected chi connectivity index (χ3v) is 2.76. The predicted molar refractivity (Wildman–Crippen MR) is 74.4 cm³/mol. The Bertz CT molecular complexity index is 604. The Kier molecular flexibility index (Phi) is 4.70. The van der Waals surface area contributed by atoms with E-state index in [1.807, 2.05) is 13.2 Å². The van der Waals surface area contributed by atoms with Crippen LogP contribution in [-0.2, 0) is 13.5 Å². The van der Waals surface area contributed by atoms with Gasteiger partial charge in [-0.2, -0.15) is 15.1 Å². The van der Waals surface area contributed by atoms with E-state index in [9.17, 15) is 4.79 Å². The zero-order valence-corrected chi connectivity index (χ0v) is 12.2. The summed E-state index contributed by atoms with van der Waals surface area (Å²) in [6.07, 6.45) is 4.37. The Morgan fingerprint density at radius 2 is 2.14 bits per heavy atom. The summed E-state index contributed by atoms with van der Waals surface area (Å²) in [5, 5.41) is 6.85. The molecule has 8 heteroatoms. The molecule has 1 N–H and O–H groups in total. The molecule has 0 saturated heterocycles. The van der Waals surface area contributed by atoms with E-state index in [2.05, 4.69) is 20.4 Å². The monoisotopic (exact) mass is 291 g/mol. The standard InChI is InChI=1S/C13H17N5O3/c1-18-8-9(7-15-18)4-5-14-12(19)10-6-11(20-2)17-13(16-10)21-3/h6-8H,4-5H2,1-3H3,(H,14,19). The SMILES string of the molecule is COc1cc(C(=O)NCCc2cnn(C)c2)nc(OC)n1. The second kappa shape index (κ2) is 6.69. The van der Waals surface area contributed by atoms with Crippen LogP contribution in [0, 0.1) is 0 Å². The van der Waals surface area contributed by atoms with E-state index < -0.39 is 0 Å². The van der Waals surface area contributed by atoms with E-state index >= 15 is 0 Å². The van der Waals surface area contributed by atoms with Crippen molar-refractivity contribution in [3.8, 4) is 11.9 Å². The summed E-state index contributed by atoms with van der Waals surface area (Å²) in [5.74, 6) is -0.0304. The second-order valence-electron chi connectivity index (χ2n) is 4.31. The molecule has 0 aliphatic rings. The third kappa shape index (κ3) is 3.91. The fraction of sp³-hybridized carbons (Fsp3) is 0.385. The molecule has 0 bridgehead atoms. The lowest BCUT2D eigenvalue weighted by atomic mass is 10.2. The Morgan fingerprint density at radius 1 is 1.33 bits per heavy atom. The first-order chi connectivity index (χ1) is 10.1. The highest BCUT2D eigenvalue weighted by Gasteiger charge is 2.12. The molecule has 0 fully saturated rings. The van der Waals surface area contributed by atoms with Gasteiger partial charge >= 0.3 is 6.01 Å². The van der Waals surface area contributed by atoms with Gasteiger partial charge in [0.05, 0.1) is 20.4 Å². The molecule has 2 heterocycles. The number of rotatable bonds is 6. The number of carbonyl (C=O) groups is 1. The maximum atomic E-state index is 12.0. The van der Waals surface area contributed by atoms with E-state index in [1.165, 1.54) is 20.3 Å². The fourth-order valence-corrected chi connectivity index (χ4v) is 1.73. The van der Waals surface area contributed by atoms with E-state index in [4.69, 9.17) is 9.47 Å². The molecule has 2 aromatic rings. The molecule has 0 saturated carbocycles. The lowest BCUT2D eigenvalue weighted by Gasteiger charge is -2.07. The van der Waals surface area contributed by atoms with Gasteiger partial charge in [-0.05, 0) is 12.0 Å². The molecule has 0 aliphatic carbocycles. The van der Waals surface area contributed by atoms with Crippen LogP contribution >= 0.6 is 0 Å². The number of methoxy groups -OCH3 is 2. The number of carbonyl (C=O) groups excluding carboxylic acids is 1. The van der Waals surface area contributed by atoms with Crippen LogP contribution in [0.1, 0.15) is 16.1 Å². The molecule has 0 atom stereocenters. The molecule has 2 aromatic heterocycles. The van der Waals surface area contributed by atoms with Crippen molar-refractivity contribution in [2.24, 2.45) is 7.05 Å². The minimum Gasteiger partial charge on any atom is -0.481 e. The molecule has 0 aliphatic heterocycles. The summed E-state index contributed by atoms with van der Waals surface area (Å²) in [4.78, 5) is 20.0. The van der Waals surface area contributed by atoms with Gasteiger partial charge in [-0.25, -0.2) is 0 Å². The van der Waals surface area contributed by atoms with E-state index in [1.54, 1.807) is 10.9 Å². The number of amides is 1. The Balaban J connectivity index is 1.96. The highest BCUT2D eigenvalue weighted by atomic mass is 16.5. The third-order valence-electron chi connectivity index (χ3n) is 2.76. The smallest absolute Gasteiger partial charge is 0.320 e. The first-order valence-electron chi connectivity index (χ1n) is 6.35. The van der Waals surface area contributed by atoms with Gasteiger partial charge in [0.1, 0.15) is 5.69 Å². The van der Waals surface area contributed by atoms with Crippen molar-refractivity contribution in [1.29, 1.82) is 0 Å². The Morgan fingerprint density at radius 3 is 2.76 bits per heavy atom. The van der Waals surface area contributed by atoms with Gasteiger partial charge in [-0.1, -0.05) is 0 Å². The number of hydrogen-bond donors (Lipinski definition) is 1. The molecule has 0 radical (unpaired) electrons. The van der Waals surface area contributed by atoms with Crippen LogP contribution in [0.2, 0.25) is 0 Å². The van der Waals surface area contributed by atoms with E-state index in [0.29, 0.717) is 13.0 Å². The largest absolute Gasteiger partial charge is 0.481 e. The molecular formula is C13H17N5O3. The zero-order chi connectivity index (χ0) is 15.2. The average molecular weight is 291 g/mol. The summed E-state index contributed by atoms with van der Waals surface area (Å²) >= 11 is 0. The van der Waals surface area contributed by atoms with E-state index in [0.717, 1.165) is 5.56 Å². The first kappa shape index (κ1) is 14.8. The number of ether oxygens (including phenoxy) is 2. The molecule has 1 amide bonds. The van der Waals surface area contributed by atoms with Crippen LogP contribution in [0.4, 0.5) is 0 Å². The summed E-state index contributed by atoms with van der Waals surface area (Å²) in [7, 11) is 4.74. The van der Waals surface area contributed by atoms with Gasteiger partial charge in [0.25, 0.3) is 5.91 Å². The summed E-state index contributed by atoms with van der Waals surface area (Å²) in [6.45, 7) is 0.485. The van der Waals surface area contributed by atoms with Crippen molar-refractivity contribution < 1.29 is 14.3 Å². The van der Waals surface area contributed by atoms with Crippen LogP contribution in [-0.4, -0.2) is 46.4 Å². The minimum atomic E-state index is -0.308. The lowest BCUT2D eigenvalue weighted by molar-refractivity contribution is 0.0947. The lowest BCUT2D eigenvalue weighted by Crippen LogP contribution is -2.26. The van der Waals surface area contributed by atoms with Crippen LogP contribution in [0.25, 0.3) is 0 Å². The number of hydrogen-bond acceptors (Lipinski definition) is 6. The highest BCUT2D eigenvalue weighted by molar-refractivity contribution is 5.92. The van der Waals surface area contributed by atoms with Crippen molar-refractivity contribution in [3.63, 3.8) is 0 Å². The van der Waals surface area contributed by atoms with Crippen LogP contribution in [0.15, 0.2) is 18.5 Å². The van der Waals surface area contributed by atoms with Gasteiger partial charge < -0.3 is 14.8 Å². The normalized spacial score (nSPS) is 10.2. The maximum absolute atomic E-state index is 12.0. The number of nitrogens with one attached hydrogen (secondary N) is 1. The molecule has 8 nitrogen and oxygen atoms in total. The zero-order valence-electron chi connectivity index (χ0n) is 12.2. The van der Waals surface area contributed by atoms with Gasteiger partial charge in [0, 0.05) is 25.9 Å². The molecule has 112 valence electrons. The van der Waals surface area contributed by atoms with Crippen LogP contribution in [0.3, 0.4) is 0 Å². The summed E-state index contributed by atoms with van der Waals surface area (Å²) in [5.41, 5.74) is 1.25. The topological polar surface area (TPSA) is 91.2 Å². The first-order valence-corrected chi connectivity index (χ1v) is 6.35. The molecule has 0 aromatic carbocycles. The quantitative estimate of drug-likeness (QED) is 0.817. The molecular weight excluding hydrogens is 274 g/mol. The van der Waals surface area contributed by atoms with Crippen molar-refractivity contribution >= 4 is 5.91 Å². The van der Waals surface area contributed by atoms with Gasteiger partial charge in [0.15, 0.2) is 0 Å². The van der Waals surface area contributed by atoms with E-state index in [-0.39, 0.29) is 23.5 Å². The Hall–Kier alpha value is -2.64. The summed E-state index contributed by atoms with van der Waals surface area (Å²) in [6, 6.07) is 1.55. The van der Waals surface area contributed by atoms with Crippen molar-refractivity contribution in [3.05, 3.63) is 29.7 Å². The van der Waals surface area contributed by atoms with Gasteiger partial charge in [-0.15, -0.1) is 0 Å². The number of aryl methyl sites for hydroxylation is 1. The van der Waals surface area contributed by atoms with Crippen molar-refractivity contribution in [2.75, 3.05) is 20.8 Å². The molecule has 21 heavy (non-hydrogen) atoms. The van der Waals surface area contributed by atoms with Crippen molar-refractivity contribution in [2.45, 2.75) is 6.42 Å². The molecule has 0 unspecified atom stereocenters. The van der Waals surface area contributed by atoms with Gasteiger partial charge in [-0.3, -0.25) is 9.48 Å². The molecule has 2 rings (SSSR count). The van der Waals surface area contributed by atoms with Crippen molar-refractivity contribution in [1.82, 2.24) is 25.1 Å². The second-order valence-corrected chi connectivity index (χ2v) is 4.31. The number of nitrogens with zero attached hydrogens (tertiary/aromatic N) is 4. The maximum Gasteiger partial charge on any atom is 0.320 e.